The highest BCUT2D eigenvalue weighted by atomic mass is 16.7. The maximum Gasteiger partial charge on any atom is 0.508 e. The molecule has 0 spiro atoms. The van der Waals surface area contributed by atoms with Crippen molar-refractivity contribution in [1.82, 2.24) is 0 Å². The van der Waals surface area contributed by atoms with Crippen molar-refractivity contribution in [3.05, 3.63) is 23.8 Å². The predicted molar refractivity (Wildman–Crippen MR) is 144 cm³/mol. The zero-order valence-corrected chi connectivity index (χ0v) is 23.4. The van der Waals surface area contributed by atoms with Crippen molar-refractivity contribution in [2.75, 3.05) is 6.61 Å². The van der Waals surface area contributed by atoms with Gasteiger partial charge in [0.2, 0.25) is 0 Å². The minimum absolute atomic E-state index is 0.0380. The molecule has 198 valence electrons. The number of fused-ring (bicyclic) bond motifs is 5. The van der Waals surface area contributed by atoms with Crippen molar-refractivity contribution >= 4 is 6.16 Å². The average molecular weight is 485 g/mol. The van der Waals surface area contributed by atoms with Gasteiger partial charge in [-0.3, -0.25) is 0 Å². The van der Waals surface area contributed by atoms with Crippen LogP contribution in [0.2, 0.25) is 0 Å². The Bertz CT molecular complexity index is 797. The summed E-state index contributed by atoms with van der Waals surface area (Å²) in [5, 5.41) is 0. The fourth-order valence-corrected chi connectivity index (χ4v) is 8.78. The van der Waals surface area contributed by atoms with E-state index in [1.807, 2.05) is 6.92 Å². The van der Waals surface area contributed by atoms with Crippen LogP contribution in [0, 0.1) is 40.4 Å². The zero-order valence-electron chi connectivity index (χ0n) is 23.4. The summed E-state index contributed by atoms with van der Waals surface area (Å²) in [6.45, 7) is 15.8. The van der Waals surface area contributed by atoms with Crippen LogP contribution in [0.25, 0.3) is 0 Å². The van der Waals surface area contributed by atoms with E-state index in [4.69, 9.17) is 9.47 Å². The van der Waals surface area contributed by atoms with Crippen LogP contribution in [-0.2, 0) is 9.47 Å². The molecule has 7 atom stereocenters. The Kier molecular flexibility index (Phi) is 8.43. The fourth-order valence-electron chi connectivity index (χ4n) is 8.78. The average Bonchev–Trinajstić information content (AvgIpc) is 3.14. The lowest BCUT2D eigenvalue weighted by atomic mass is 9.47. The molecule has 7 unspecified atom stereocenters. The third-order valence-corrected chi connectivity index (χ3v) is 10.8. The van der Waals surface area contributed by atoms with Gasteiger partial charge in [0, 0.05) is 6.42 Å². The van der Waals surface area contributed by atoms with Crippen LogP contribution >= 0.6 is 0 Å². The number of ether oxygens (including phenoxy) is 2. The molecule has 0 bridgehead atoms. The first kappa shape index (κ1) is 26.8. The van der Waals surface area contributed by atoms with E-state index in [2.05, 4.69) is 40.3 Å². The molecule has 3 fully saturated rings. The first-order valence-electron chi connectivity index (χ1n) is 14.8. The lowest BCUT2D eigenvalue weighted by Crippen LogP contribution is -2.50. The summed E-state index contributed by atoms with van der Waals surface area (Å²) >= 11 is 0. The number of allylic oxidation sites excluding steroid dienone is 1. The first-order chi connectivity index (χ1) is 16.6. The molecular weight excluding hydrogens is 432 g/mol. The highest BCUT2D eigenvalue weighted by Crippen LogP contribution is 2.66. The molecule has 4 aliphatic rings. The van der Waals surface area contributed by atoms with Crippen LogP contribution in [-0.4, -0.2) is 18.9 Å². The molecule has 0 aromatic heterocycles. The van der Waals surface area contributed by atoms with Gasteiger partial charge in [-0.15, -0.1) is 0 Å². The Morgan fingerprint density at radius 2 is 1.89 bits per heavy atom. The third-order valence-electron chi connectivity index (χ3n) is 10.8. The van der Waals surface area contributed by atoms with Gasteiger partial charge in [0.05, 0.1) is 0 Å². The molecule has 3 saturated carbocycles. The molecule has 4 rings (SSSR count). The van der Waals surface area contributed by atoms with Gasteiger partial charge < -0.3 is 9.47 Å². The molecule has 35 heavy (non-hydrogen) atoms. The van der Waals surface area contributed by atoms with Crippen LogP contribution in [0.5, 0.6) is 0 Å². The van der Waals surface area contributed by atoms with Crippen LogP contribution in [0.4, 0.5) is 4.79 Å². The van der Waals surface area contributed by atoms with Crippen molar-refractivity contribution in [3.8, 4) is 0 Å². The fraction of sp³-hybridized carbons (Fsp3) is 0.844. The number of hydrogen-bond donors (Lipinski definition) is 0. The Morgan fingerprint density at radius 3 is 2.63 bits per heavy atom. The lowest BCUT2D eigenvalue weighted by molar-refractivity contribution is -0.0559. The molecule has 0 aromatic rings. The van der Waals surface area contributed by atoms with Gasteiger partial charge in [-0.05, 0) is 104 Å². The molecular formula is C32H52O3. The summed E-state index contributed by atoms with van der Waals surface area (Å²) in [5.74, 6) is 4.36. The second-order valence-corrected chi connectivity index (χ2v) is 13.6. The monoisotopic (exact) mass is 484 g/mol. The van der Waals surface area contributed by atoms with Crippen LogP contribution < -0.4 is 0 Å². The first-order valence-corrected chi connectivity index (χ1v) is 14.8. The highest BCUT2D eigenvalue weighted by molar-refractivity contribution is 5.60. The summed E-state index contributed by atoms with van der Waals surface area (Å²) in [6, 6.07) is 0. The topological polar surface area (TPSA) is 35.5 Å². The normalized spacial score (nSPS) is 38.2. The largest absolute Gasteiger partial charge is 0.508 e. The van der Waals surface area contributed by atoms with E-state index in [1.54, 1.807) is 5.57 Å². The number of unbranched alkanes of at least 4 members (excludes halogenated alkanes) is 2. The van der Waals surface area contributed by atoms with E-state index in [-0.39, 0.29) is 12.7 Å². The maximum atomic E-state index is 12.1. The molecule has 0 heterocycles. The predicted octanol–water partition coefficient (Wildman–Crippen LogP) is 9.27. The van der Waals surface area contributed by atoms with Gasteiger partial charge >= 0.3 is 6.16 Å². The Morgan fingerprint density at radius 1 is 1.09 bits per heavy atom. The third kappa shape index (κ3) is 5.69. The smallest absolute Gasteiger partial charge is 0.431 e. The van der Waals surface area contributed by atoms with Crippen molar-refractivity contribution in [2.45, 2.75) is 124 Å². The number of hydrogen-bond acceptors (Lipinski definition) is 3. The lowest BCUT2D eigenvalue weighted by Gasteiger charge is -2.58. The van der Waals surface area contributed by atoms with Gasteiger partial charge in [0.1, 0.15) is 12.7 Å². The molecule has 0 saturated heterocycles. The minimum Gasteiger partial charge on any atom is -0.431 e. The van der Waals surface area contributed by atoms with E-state index < -0.39 is 6.16 Å². The van der Waals surface area contributed by atoms with E-state index in [0.29, 0.717) is 10.8 Å². The summed E-state index contributed by atoms with van der Waals surface area (Å²) in [6.07, 6.45) is 19.1. The Balaban J connectivity index is 1.35. The summed E-state index contributed by atoms with van der Waals surface area (Å²) in [4.78, 5) is 12.1. The van der Waals surface area contributed by atoms with Gasteiger partial charge in [0.15, 0.2) is 0 Å². The molecule has 0 aliphatic heterocycles. The molecule has 0 N–H and O–H groups in total. The molecule has 0 amide bonds. The molecule has 3 nitrogen and oxygen atoms in total. The van der Waals surface area contributed by atoms with Crippen molar-refractivity contribution in [2.24, 2.45) is 40.4 Å². The molecule has 0 aromatic carbocycles. The van der Waals surface area contributed by atoms with E-state index >= 15 is 0 Å². The molecule has 3 heteroatoms. The van der Waals surface area contributed by atoms with Gasteiger partial charge in [-0.25, -0.2) is 4.79 Å². The zero-order chi connectivity index (χ0) is 25.2. The Labute approximate surface area is 215 Å². The van der Waals surface area contributed by atoms with Crippen LogP contribution in [0.15, 0.2) is 23.8 Å². The van der Waals surface area contributed by atoms with Crippen molar-refractivity contribution in [3.63, 3.8) is 0 Å². The maximum absolute atomic E-state index is 12.1. The molecule has 0 radical (unpaired) electrons. The van der Waals surface area contributed by atoms with Crippen LogP contribution in [0.1, 0.15) is 118 Å². The Hall–Kier alpha value is -1.25. The molecule has 4 aliphatic carbocycles. The standard InChI is InChI=1S/C32H52O3/c1-22(2)10-8-7-9-11-24-13-15-28-27-14-12-25-20-26(35-30(33)34-21-23(3)4)16-18-32(25,6)29(27)17-19-31(24,28)5/h12,22,24,26-29H,3,7-11,13-21H2,1-2,4-6H3. The van der Waals surface area contributed by atoms with Gasteiger partial charge in [0.25, 0.3) is 0 Å². The number of carbonyl (C=O) groups is 1. The summed E-state index contributed by atoms with van der Waals surface area (Å²) < 4.78 is 10.9. The van der Waals surface area contributed by atoms with E-state index in [9.17, 15) is 4.79 Å². The van der Waals surface area contributed by atoms with Crippen LogP contribution in [0.3, 0.4) is 0 Å². The van der Waals surface area contributed by atoms with Gasteiger partial charge in [-0.2, -0.15) is 0 Å². The van der Waals surface area contributed by atoms with Crippen molar-refractivity contribution < 1.29 is 14.3 Å². The van der Waals surface area contributed by atoms with Gasteiger partial charge in [-0.1, -0.05) is 71.6 Å². The van der Waals surface area contributed by atoms with E-state index in [1.165, 1.54) is 64.2 Å². The van der Waals surface area contributed by atoms with Crippen molar-refractivity contribution in [1.29, 1.82) is 0 Å². The second-order valence-electron chi connectivity index (χ2n) is 13.6. The quantitative estimate of drug-likeness (QED) is 0.186. The highest BCUT2D eigenvalue weighted by Gasteiger charge is 2.58. The SMILES string of the molecule is C=C(C)COC(=O)OC1CCC2(C)C(=CCC3C2CCC2(C)C(CCCCCC(C)C)CCC32)C1. The minimum atomic E-state index is -0.537. The number of carbonyl (C=O) groups excluding carboxylic acids is 1. The second kappa shape index (κ2) is 11.0. The van der Waals surface area contributed by atoms with E-state index in [0.717, 1.165) is 54.4 Å². The summed E-state index contributed by atoms with van der Waals surface area (Å²) in [5.41, 5.74) is 3.25. The summed E-state index contributed by atoms with van der Waals surface area (Å²) in [7, 11) is 0. The number of rotatable bonds is 9.